The molecule has 0 aliphatic carbocycles. The summed E-state index contributed by atoms with van der Waals surface area (Å²) < 4.78 is 12.9. The fraction of sp³-hybridized carbons (Fsp3) is 0.533. The summed E-state index contributed by atoms with van der Waals surface area (Å²) in [6.07, 6.45) is 6.41. The van der Waals surface area contributed by atoms with E-state index in [0.717, 1.165) is 49.2 Å². The number of hydrogen-bond acceptors (Lipinski definition) is 6. The summed E-state index contributed by atoms with van der Waals surface area (Å²) in [6.45, 7) is 3.11. The molecule has 2 saturated heterocycles. The van der Waals surface area contributed by atoms with Gasteiger partial charge in [0.05, 0.1) is 18.8 Å². The van der Waals surface area contributed by atoms with Crippen molar-refractivity contribution in [2.75, 3.05) is 25.0 Å². The SMILES string of the molecule is O=C(O)CCCCCC(=O)Nc1ccc([C@@H]2O[C@H](CN3CCCCC3)C[C@H](c3ccc(CO)cc3)O2)cc1. The normalized spacial score (nSPS) is 22.2. The molecule has 2 aliphatic rings. The van der Waals surface area contributed by atoms with Gasteiger partial charge in [0.2, 0.25) is 5.91 Å². The fourth-order valence-electron chi connectivity index (χ4n) is 5.15. The van der Waals surface area contributed by atoms with Gasteiger partial charge in [-0.05, 0) is 62.0 Å². The minimum atomic E-state index is -0.802. The number of rotatable bonds is 12. The van der Waals surface area contributed by atoms with E-state index < -0.39 is 12.3 Å². The topological polar surface area (TPSA) is 108 Å². The van der Waals surface area contributed by atoms with Crippen molar-refractivity contribution in [2.45, 2.75) is 82.9 Å². The van der Waals surface area contributed by atoms with Crippen molar-refractivity contribution in [3.63, 3.8) is 0 Å². The highest BCUT2D eigenvalue weighted by Crippen LogP contribution is 2.38. The Bertz CT molecular complexity index is 1020. The second-order valence-electron chi connectivity index (χ2n) is 10.3. The first-order valence-corrected chi connectivity index (χ1v) is 13.8. The Labute approximate surface area is 224 Å². The van der Waals surface area contributed by atoms with Crippen LogP contribution in [-0.4, -0.2) is 52.7 Å². The van der Waals surface area contributed by atoms with Gasteiger partial charge in [0.15, 0.2) is 6.29 Å². The van der Waals surface area contributed by atoms with Crippen LogP contribution in [0.25, 0.3) is 0 Å². The molecule has 8 heteroatoms. The van der Waals surface area contributed by atoms with Gasteiger partial charge in [0, 0.05) is 37.1 Å². The molecule has 38 heavy (non-hydrogen) atoms. The number of carbonyl (C=O) groups excluding carboxylic acids is 1. The first-order chi connectivity index (χ1) is 18.5. The summed E-state index contributed by atoms with van der Waals surface area (Å²) in [4.78, 5) is 25.4. The number of carbonyl (C=O) groups is 2. The second-order valence-corrected chi connectivity index (χ2v) is 10.3. The van der Waals surface area contributed by atoms with E-state index in [9.17, 15) is 14.7 Å². The Balaban J connectivity index is 1.37. The van der Waals surface area contributed by atoms with Crippen molar-refractivity contribution in [1.29, 1.82) is 0 Å². The maximum atomic E-state index is 12.3. The van der Waals surface area contributed by atoms with Crippen LogP contribution < -0.4 is 5.32 Å². The molecule has 1 amide bonds. The minimum Gasteiger partial charge on any atom is -0.481 e. The molecule has 0 aromatic heterocycles. The number of aliphatic hydroxyl groups excluding tert-OH is 1. The molecular weight excluding hydrogens is 484 g/mol. The van der Waals surface area contributed by atoms with Gasteiger partial charge in [-0.1, -0.05) is 49.2 Å². The number of hydrogen-bond donors (Lipinski definition) is 3. The first-order valence-electron chi connectivity index (χ1n) is 13.8. The van der Waals surface area contributed by atoms with Crippen LogP contribution in [0.4, 0.5) is 5.69 Å². The van der Waals surface area contributed by atoms with Gasteiger partial charge < -0.3 is 29.9 Å². The third kappa shape index (κ3) is 8.63. The fourth-order valence-corrected chi connectivity index (χ4v) is 5.15. The van der Waals surface area contributed by atoms with E-state index in [1.165, 1.54) is 19.3 Å². The van der Waals surface area contributed by atoms with E-state index in [1.807, 2.05) is 48.5 Å². The van der Waals surface area contributed by atoms with Crippen LogP contribution in [0.15, 0.2) is 48.5 Å². The molecular formula is C30H40N2O6. The Morgan fingerprint density at radius 1 is 0.868 bits per heavy atom. The van der Waals surface area contributed by atoms with Gasteiger partial charge >= 0.3 is 5.97 Å². The summed E-state index contributed by atoms with van der Waals surface area (Å²) in [5.41, 5.74) is 3.56. The number of anilines is 1. The van der Waals surface area contributed by atoms with E-state index in [0.29, 0.717) is 24.9 Å². The Morgan fingerprint density at radius 3 is 2.24 bits per heavy atom. The predicted octanol–water partition coefficient (Wildman–Crippen LogP) is 5.18. The number of nitrogens with zero attached hydrogens (tertiary/aromatic N) is 1. The second kappa shape index (κ2) is 14.4. The number of amides is 1. The zero-order valence-electron chi connectivity index (χ0n) is 22.0. The van der Waals surface area contributed by atoms with Crippen LogP contribution in [0.5, 0.6) is 0 Å². The minimum absolute atomic E-state index is 0.0166. The maximum Gasteiger partial charge on any atom is 0.303 e. The lowest BCUT2D eigenvalue weighted by Crippen LogP contribution is -2.41. The lowest BCUT2D eigenvalue weighted by Gasteiger charge is -2.39. The number of aliphatic hydroxyl groups is 1. The molecule has 0 radical (unpaired) electrons. The van der Waals surface area contributed by atoms with Crippen LogP contribution >= 0.6 is 0 Å². The highest BCUT2D eigenvalue weighted by atomic mass is 16.7. The Hall–Kier alpha value is -2.78. The predicted molar refractivity (Wildman–Crippen MR) is 145 cm³/mol. The van der Waals surface area contributed by atoms with E-state index in [4.69, 9.17) is 14.6 Å². The van der Waals surface area contributed by atoms with Crippen LogP contribution in [0.1, 0.15) is 86.9 Å². The van der Waals surface area contributed by atoms with Gasteiger partial charge in [-0.25, -0.2) is 0 Å². The summed E-state index contributed by atoms with van der Waals surface area (Å²) in [7, 11) is 0. The van der Waals surface area contributed by atoms with Crippen LogP contribution in [0.3, 0.4) is 0 Å². The van der Waals surface area contributed by atoms with Crippen LogP contribution in [0, 0.1) is 0 Å². The monoisotopic (exact) mass is 524 g/mol. The first kappa shape index (κ1) is 28.2. The quantitative estimate of drug-likeness (QED) is 0.328. The van der Waals surface area contributed by atoms with Gasteiger partial charge in [-0.2, -0.15) is 0 Å². The van der Waals surface area contributed by atoms with Crippen molar-refractivity contribution >= 4 is 17.6 Å². The lowest BCUT2D eigenvalue weighted by molar-refractivity contribution is -0.253. The Morgan fingerprint density at radius 2 is 1.55 bits per heavy atom. The van der Waals surface area contributed by atoms with E-state index >= 15 is 0 Å². The molecule has 2 aromatic rings. The van der Waals surface area contributed by atoms with E-state index in [2.05, 4.69) is 10.2 Å². The molecule has 3 N–H and O–H groups in total. The average Bonchev–Trinajstić information content (AvgIpc) is 2.93. The highest BCUT2D eigenvalue weighted by molar-refractivity contribution is 5.90. The highest BCUT2D eigenvalue weighted by Gasteiger charge is 2.33. The smallest absolute Gasteiger partial charge is 0.303 e. The molecule has 2 aromatic carbocycles. The van der Waals surface area contributed by atoms with Crippen molar-refractivity contribution in [1.82, 2.24) is 4.90 Å². The van der Waals surface area contributed by atoms with Gasteiger partial charge in [-0.3, -0.25) is 9.59 Å². The zero-order chi connectivity index (χ0) is 26.7. The molecule has 0 bridgehead atoms. The van der Waals surface area contributed by atoms with Gasteiger partial charge in [0.1, 0.15) is 0 Å². The number of nitrogens with one attached hydrogen (secondary N) is 1. The molecule has 0 unspecified atom stereocenters. The molecule has 2 heterocycles. The molecule has 2 aliphatic heterocycles. The molecule has 8 nitrogen and oxygen atoms in total. The number of piperidine rings is 1. The number of unbranched alkanes of at least 4 members (excludes halogenated alkanes) is 2. The molecule has 0 spiro atoms. The standard InChI is InChI=1S/C30H40N2O6/c33-21-22-9-11-23(12-10-22)27-19-26(20-32-17-5-2-6-18-32)37-30(38-27)24-13-15-25(16-14-24)31-28(34)7-3-1-4-8-29(35)36/h9-16,26-27,30,33H,1-8,17-21H2,(H,31,34)(H,35,36)/t26-,27+,30+/m0/s1. The number of carboxylic acid groups (broad SMARTS) is 1. The van der Waals surface area contributed by atoms with Crippen molar-refractivity contribution < 1.29 is 29.3 Å². The van der Waals surface area contributed by atoms with Crippen molar-refractivity contribution in [3.05, 3.63) is 65.2 Å². The third-order valence-corrected chi connectivity index (χ3v) is 7.29. The number of aliphatic carboxylic acids is 1. The summed E-state index contributed by atoms with van der Waals surface area (Å²) in [5, 5.41) is 21.0. The summed E-state index contributed by atoms with van der Waals surface area (Å²) in [5.74, 6) is -0.879. The molecule has 0 saturated carbocycles. The third-order valence-electron chi connectivity index (χ3n) is 7.29. The average molecular weight is 525 g/mol. The zero-order valence-corrected chi connectivity index (χ0v) is 22.0. The number of carboxylic acids is 1. The van der Waals surface area contributed by atoms with Gasteiger partial charge in [0.25, 0.3) is 0 Å². The number of benzene rings is 2. The lowest BCUT2D eigenvalue weighted by atomic mass is 9.99. The molecule has 3 atom stereocenters. The van der Waals surface area contributed by atoms with Gasteiger partial charge in [-0.15, -0.1) is 0 Å². The van der Waals surface area contributed by atoms with Crippen LogP contribution in [-0.2, 0) is 25.7 Å². The number of likely N-dealkylation sites (tertiary alicyclic amines) is 1. The Kier molecular flexibility index (Phi) is 10.7. The largest absolute Gasteiger partial charge is 0.481 e. The molecule has 206 valence electrons. The van der Waals surface area contributed by atoms with Crippen LogP contribution in [0.2, 0.25) is 0 Å². The molecule has 2 fully saturated rings. The summed E-state index contributed by atoms with van der Waals surface area (Å²) >= 11 is 0. The molecule has 4 rings (SSSR count). The van der Waals surface area contributed by atoms with E-state index in [-0.39, 0.29) is 31.1 Å². The van der Waals surface area contributed by atoms with Crippen molar-refractivity contribution in [3.8, 4) is 0 Å². The summed E-state index contributed by atoms with van der Waals surface area (Å²) in [6, 6.07) is 15.5. The number of ether oxygens (including phenoxy) is 2. The van der Waals surface area contributed by atoms with E-state index in [1.54, 1.807) is 0 Å². The van der Waals surface area contributed by atoms with Crippen molar-refractivity contribution in [2.24, 2.45) is 0 Å². The maximum absolute atomic E-state index is 12.3.